The van der Waals surface area contributed by atoms with E-state index in [1.165, 1.54) is 11.8 Å². The number of carbonyl (C=O) groups excluding carboxylic acids is 1. The Bertz CT molecular complexity index is 95.7. The fourth-order valence-corrected chi connectivity index (χ4v) is 0. The summed E-state index contributed by atoms with van der Waals surface area (Å²) >= 11 is 9.74. The Hall–Kier alpha value is 1.53. The Morgan fingerprint density at radius 2 is 1.40 bits per heavy atom. The summed E-state index contributed by atoms with van der Waals surface area (Å²) in [6.07, 6.45) is 0. The SMILES string of the molecule is CC(=O)N(C)C.[Br][Ru]([Br])[Br]. The number of carbonyl (C=O) groups is 1. The van der Waals surface area contributed by atoms with Crippen molar-refractivity contribution in [2.45, 2.75) is 6.92 Å². The van der Waals surface area contributed by atoms with Crippen LogP contribution in [0.25, 0.3) is 0 Å². The third-order valence-electron chi connectivity index (χ3n) is 0.630. The molecule has 10 heavy (non-hydrogen) atoms. The van der Waals surface area contributed by atoms with Crippen molar-refractivity contribution < 1.29 is 14.9 Å². The molecule has 0 aliphatic carbocycles. The predicted molar refractivity (Wildman–Crippen MR) is 51.1 cm³/mol. The van der Waals surface area contributed by atoms with E-state index in [4.69, 9.17) is 0 Å². The van der Waals surface area contributed by atoms with Crippen LogP contribution in [0.4, 0.5) is 0 Å². The van der Waals surface area contributed by atoms with Crippen molar-refractivity contribution in [1.82, 2.24) is 4.90 Å². The third-order valence-corrected chi connectivity index (χ3v) is 0.630. The van der Waals surface area contributed by atoms with E-state index in [1.807, 2.05) is 0 Å². The van der Waals surface area contributed by atoms with E-state index in [9.17, 15) is 4.79 Å². The maximum absolute atomic E-state index is 10.1. The van der Waals surface area contributed by atoms with Crippen LogP contribution in [0, 0.1) is 0 Å². The maximum atomic E-state index is 10.1. The van der Waals surface area contributed by atoms with Crippen LogP contribution in [0.15, 0.2) is 0 Å². The van der Waals surface area contributed by atoms with Crippen molar-refractivity contribution in [2.75, 3.05) is 14.1 Å². The molecule has 0 saturated heterocycles. The van der Waals surface area contributed by atoms with Crippen LogP contribution in [0.1, 0.15) is 6.92 Å². The molecule has 0 unspecified atom stereocenters. The minimum absolute atomic E-state index is 0.0926. The van der Waals surface area contributed by atoms with Gasteiger partial charge in [-0.05, 0) is 0 Å². The summed E-state index contributed by atoms with van der Waals surface area (Å²) in [4.78, 5) is 11.6. The Balaban J connectivity index is 0. The molecule has 65 valence electrons. The summed E-state index contributed by atoms with van der Waals surface area (Å²) in [5.41, 5.74) is 0. The quantitative estimate of drug-likeness (QED) is 0.544. The summed E-state index contributed by atoms with van der Waals surface area (Å²) in [7, 11) is 2.72. The average Bonchev–Trinajstić information content (AvgIpc) is 1.63. The Morgan fingerprint density at radius 3 is 1.40 bits per heavy atom. The molecule has 0 aromatic heterocycles. The zero-order valence-electron chi connectivity index (χ0n) is 5.84. The zero-order chi connectivity index (χ0) is 8.73. The van der Waals surface area contributed by atoms with E-state index in [0.717, 1.165) is 0 Å². The van der Waals surface area contributed by atoms with Crippen molar-refractivity contribution >= 4 is 46.8 Å². The molecule has 0 atom stereocenters. The molecule has 0 N–H and O–H groups in total. The molecule has 0 fully saturated rings. The molecule has 1 amide bonds. The molecule has 0 saturated carbocycles. The molecular formula is C4H9Br3NORu. The van der Waals surface area contributed by atoms with Gasteiger partial charge in [0, 0.05) is 21.0 Å². The number of hydrogen-bond acceptors (Lipinski definition) is 1. The molecule has 6 heteroatoms. The molecule has 0 aromatic carbocycles. The van der Waals surface area contributed by atoms with E-state index in [2.05, 4.69) is 40.9 Å². The molecule has 0 aliphatic heterocycles. The molecular weight excluding hydrogens is 419 g/mol. The number of hydrogen-bond donors (Lipinski definition) is 0. The van der Waals surface area contributed by atoms with Gasteiger partial charge in [-0.25, -0.2) is 0 Å². The first-order chi connectivity index (χ1) is 4.37. The van der Waals surface area contributed by atoms with Crippen molar-refractivity contribution in [1.29, 1.82) is 0 Å². The Labute approximate surface area is 86.7 Å². The number of halogens is 3. The van der Waals surface area contributed by atoms with E-state index < -0.39 is 10.1 Å². The van der Waals surface area contributed by atoms with Gasteiger partial charge in [0.05, 0.1) is 0 Å². The summed E-state index contributed by atoms with van der Waals surface area (Å²) in [5.74, 6) is 0.0926. The second-order valence-corrected chi connectivity index (χ2v) is 25.6. The summed E-state index contributed by atoms with van der Waals surface area (Å²) < 4.78 is 0. The molecule has 0 aromatic rings. The zero-order valence-corrected chi connectivity index (χ0v) is 12.3. The van der Waals surface area contributed by atoms with Gasteiger partial charge in [-0.3, -0.25) is 4.79 Å². The van der Waals surface area contributed by atoms with Crippen LogP contribution >= 0.6 is 40.9 Å². The molecule has 2 nitrogen and oxygen atoms in total. The van der Waals surface area contributed by atoms with Gasteiger partial charge in [0.25, 0.3) is 0 Å². The third kappa shape index (κ3) is 22.7. The molecule has 0 spiro atoms. The van der Waals surface area contributed by atoms with Crippen LogP contribution in [0.2, 0.25) is 0 Å². The Kier molecular flexibility index (Phi) is 12.1. The van der Waals surface area contributed by atoms with E-state index in [-0.39, 0.29) is 5.91 Å². The molecule has 0 radical (unpaired) electrons. The number of amides is 1. The van der Waals surface area contributed by atoms with Crippen molar-refractivity contribution in [3.8, 4) is 0 Å². The van der Waals surface area contributed by atoms with Gasteiger partial charge in [-0.2, -0.15) is 0 Å². The summed E-state index contributed by atoms with van der Waals surface area (Å²) in [6.45, 7) is 1.53. The van der Waals surface area contributed by atoms with Gasteiger partial charge in [0.2, 0.25) is 5.91 Å². The Morgan fingerprint density at radius 1 is 1.30 bits per heavy atom. The molecule has 0 aliphatic rings. The monoisotopic (exact) mass is 426 g/mol. The van der Waals surface area contributed by atoms with Gasteiger partial charge in [-0.1, -0.05) is 0 Å². The van der Waals surface area contributed by atoms with E-state index in [0.29, 0.717) is 0 Å². The van der Waals surface area contributed by atoms with Crippen molar-refractivity contribution in [2.24, 2.45) is 0 Å². The first kappa shape index (κ1) is 14.1. The molecule has 0 heterocycles. The van der Waals surface area contributed by atoms with Crippen LogP contribution in [-0.4, -0.2) is 24.9 Å². The second kappa shape index (κ2) is 8.63. The molecule has 0 rings (SSSR count). The topological polar surface area (TPSA) is 20.3 Å². The summed E-state index contributed by atoms with van der Waals surface area (Å²) in [5, 5.41) is 0. The standard InChI is InChI=1S/C4H9NO.3BrH.Ru/c1-4(6)5(2)3;;;;/h1-3H3;3*1H;/q;;;;+3/p-3. The number of rotatable bonds is 0. The van der Waals surface area contributed by atoms with Crippen LogP contribution in [0.5, 0.6) is 0 Å². The first-order valence-electron chi connectivity index (χ1n) is 2.22. The first-order valence-corrected chi connectivity index (χ1v) is 14.1. The van der Waals surface area contributed by atoms with Gasteiger partial charge in [-0.15, -0.1) is 0 Å². The average molecular weight is 428 g/mol. The van der Waals surface area contributed by atoms with Gasteiger partial charge in [0.1, 0.15) is 0 Å². The van der Waals surface area contributed by atoms with Gasteiger partial charge < -0.3 is 4.90 Å². The van der Waals surface area contributed by atoms with Crippen molar-refractivity contribution in [3.63, 3.8) is 0 Å². The number of nitrogens with zero attached hydrogens (tertiary/aromatic N) is 1. The normalized spacial score (nSPS) is 9.20. The van der Waals surface area contributed by atoms with E-state index in [1.54, 1.807) is 14.1 Å². The summed E-state index contributed by atoms with van der Waals surface area (Å²) in [6, 6.07) is 0. The van der Waals surface area contributed by atoms with E-state index >= 15 is 0 Å². The fourth-order valence-electron chi connectivity index (χ4n) is 0. The van der Waals surface area contributed by atoms with Crippen LogP contribution in [0.3, 0.4) is 0 Å². The molecule has 0 bridgehead atoms. The van der Waals surface area contributed by atoms with Crippen LogP contribution < -0.4 is 0 Å². The van der Waals surface area contributed by atoms with Crippen molar-refractivity contribution in [3.05, 3.63) is 0 Å². The van der Waals surface area contributed by atoms with Gasteiger partial charge in [0.15, 0.2) is 0 Å². The second-order valence-electron chi connectivity index (χ2n) is 1.56. The van der Waals surface area contributed by atoms with Gasteiger partial charge >= 0.3 is 50.9 Å². The van der Waals surface area contributed by atoms with Crippen LogP contribution in [-0.2, 0) is 14.9 Å². The minimum atomic E-state index is -0.732. The predicted octanol–water partition coefficient (Wildman–Crippen LogP) is 2.63. The fraction of sp³-hybridized carbons (Fsp3) is 0.750.